The van der Waals surface area contributed by atoms with Crippen molar-refractivity contribution in [3.05, 3.63) is 78.0 Å². The topological polar surface area (TPSA) is 62.3 Å². The fourth-order valence-corrected chi connectivity index (χ4v) is 5.01. The van der Waals surface area contributed by atoms with Crippen LogP contribution in [0.4, 0.5) is 19.0 Å². The molecular weight excluding hydrogens is 439 g/mol. The smallest absolute Gasteiger partial charge is 0.355 e. The van der Waals surface area contributed by atoms with Crippen LogP contribution >= 0.6 is 0 Å². The molecule has 0 amide bonds. The highest BCUT2D eigenvalue weighted by molar-refractivity contribution is 7.89. The van der Waals surface area contributed by atoms with Gasteiger partial charge in [-0.05, 0) is 48.7 Å². The van der Waals surface area contributed by atoms with Gasteiger partial charge in [0.15, 0.2) is 0 Å². The first-order chi connectivity index (χ1) is 15.1. The van der Waals surface area contributed by atoms with E-state index in [1.165, 1.54) is 6.07 Å². The van der Waals surface area contributed by atoms with Crippen molar-refractivity contribution in [1.82, 2.24) is 9.71 Å². The molecule has 1 aromatic heterocycles. The first-order valence-electron chi connectivity index (χ1n) is 10.1. The van der Waals surface area contributed by atoms with Crippen LogP contribution in [-0.4, -0.2) is 32.5 Å². The van der Waals surface area contributed by atoms with E-state index in [0.717, 1.165) is 29.0 Å². The number of aryl methyl sites for hydroxylation is 1. The number of anilines is 1. The minimum absolute atomic E-state index is 0.167. The Labute approximate surface area is 185 Å². The van der Waals surface area contributed by atoms with E-state index in [1.807, 2.05) is 31.2 Å². The van der Waals surface area contributed by atoms with Gasteiger partial charge in [-0.15, -0.1) is 0 Å². The minimum Gasteiger partial charge on any atom is -0.355 e. The first-order valence-corrected chi connectivity index (χ1v) is 11.6. The maximum absolute atomic E-state index is 12.8. The summed E-state index contributed by atoms with van der Waals surface area (Å²) in [7, 11) is -3.73. The van der Waals surface area contributed by atoms with E-state index in [-0.39, 0.29) is 10.9 Å². The summed E-state index contributed by atoms with van der Waals surface area (Å²) in [5.74, 6) is 0.391. The molecule has 0 saturated carbocycles. The fraction of sp³-hybridized carbons (Fsp3) is 0.261. The Morgan fingerprint density at radius 2 is 1.78 bits per heavy atom. The highest BCUT2D eigenvalue weighted by Crippen LogP contribution is 2.30. The molecule has 1 aliphatic rings. The lowest BCUT2D eigenvalue weighted by molar-refractivity contribution is -0.137. The van der Waals surface area contributed by atoms with Crippen LogP contribution in [0.1, 0.15) is 17.5 Å². The molecule has 1 N–H and O–H groups in total. The quantitative estimate of drug-likeness (QED) is 0.602. The highest BCUT2D eigenvalue weighted by Gasteiger charge is 2.32. The molecule has 1 atom stereocenters. The largest absolute Gasteiger partial charge is 0.417 e. The second-order valence-corrected chi connectivity index (χ2v) is 9.56. The van der Waals surface area contributed by atoms with Crippen molar-refractivity contribution in [3.8, 4) is 11.1 Å². The number of nitrogens with one attached hydrogen (secondary N) is 1. The van der Waals surface area contributed by atoms with Crippen LogP contribution in [0.15, 0.2) is 71.8 Å². The molecule has 9 heteroatoms. The lowest BCUT2D eigenvalue weighted by Crippen LogP contribution is -2.37. The summed E-state index contributed by atoms with van der Waals surface area (Å²) in [6.45, 7) is 2.83. The van der Waals surface area contributed by atoms with Gasteiger partial charge in [0.1, 0.15) is 5.82 Å². The molecule has 1 saturated heterocycles. The maximum Gasteiger partial charge on any atom is 0.417 e. The zero-order chi connectivity index (χ0) is 22.9. The minimum atomic E-state index is -4.44. The zero-order valence-electron chi connectivity index (χ0n) is 17.3. The Bertz CT molecular complexity index is 1190. The van der Waals surface area contributed by atoms with Crippen molar-refractivity contribution < 1.29 is 21.6 Å². The average molecular weight is 462 g/mol. The lowest BCUT2D eigenvalue weighted by Gasteiger charge is -2.18. The zero-order valence-corrected chi connectivity index (χ0v) is 18.1. The number of hydrogen-bond acceptors (Lipinski definition) is 4. The van der Waals surface area contributed by atoms with Crippen LogP contribution in [0.25, 0.3) is 11.1 Å². The molecular formula is C23H22F3N3O2S. The average Bonchev–Trinajstić information content (AvgIpc) is 3.21. The van der Waals surface area contributed by atoms with Gasteiger partial charge >= 0.3 is 6.18 Å². The van der Waals surface area contributed by atoms with Crippen LogP contribution < -0.4 is 9.62 Å². The normalized spacial score (nSPS) is 17.0. The number of hydrogen-bond donors (Lipinski definition) is 1. The summed E-state index contributed by atoms with van der Waals surface area (Å²) in [5.41, 5.74) is 2.24. The number of aromatic nitrogens is 1. The third kappa shape index (κ3) is 4.94. The van der Waals surface area contributed by atoms with Crippen LogP contribution in [0.2, 0.25) is 0 Å². The Kier molecular flexibility index (Phi) is 5.96. The van der Waals surface area contributed by atoms with Crippen LogP contribution in [-0.2, 0) is 16.2 Å². The van der Waals surface area contributed by atoms with Gasteiger partial charge in [0, 0.05) is 25.3 Å². The summed E-state index contributed by atoms with van der Waals surface area (Å²) in [6.07, 6.45) is -3.12. The predicted octanol–water partition coefficient (Wildman–Crippen LogP) is 4.63. The van der Waals surface area contributed by atoms with Gasteiger partial charge < -0.3 is 4.90 Å². The third-order valence-electron chi connectivity index (χ3n) is 5.43. The molecule has 32 heavy (non-hydrogen) atoms. The maximum atomic E-state index is 12.8. The second kappa shape index (κ2) is 8.55. The van der Waals surface area contributed by atoms with Gasteiger partial charge in [0.2, 0.25) is 10.0 Å². The van der Waals surface area contributed by atoms with Crippen molar-refractivity contribution >= 4 is 15.8 Å². The monoisotopic (exact) mass is 461 g/mol. The van der Waals surface area contributed by atoms with Crippen LogP contribution in [0.5, 0.6) is 0 Å². The van der Waals surface area contributed by atoms with Gasteiger partial charge in [-0.25, -0.2) is 18.1 Å². The molecule has 0 spiro atoms. The summed E-state index contributed by atoms with van der Waals surface area (Å²) in [6, 6.07) is 16.6. The molecule has 4 rings (SSSR count). The molecule has 0 radical (unpaired) electrons. The second-order valence-electron chi connectivity index (χ2n) is 7.85. The number of rotatable bonds is 5. The molecule has 2 heterocycles. The van der Waals surface area contributed by atoms with E-state index in [0.29, 0.717) is 25.3 Å². The molecule has 2 aromatic carbocycles. The van der Waals surface area contributed by atoms with Crippen molar-refractivity contribution in [2.75, 3.05) is 18.0 Å². The molecule has 3 aromatic rings. The van der Waals surface area contributed by atoms with Crippen molar-refractivity contribution in [1.29, 1.82) is 0 Å². The Balaban J connectivity index is 1.42. The Morgan fingerprint density at radius 1 is 1.03 bits per heavy atom. The van der Waals surface area contributed by atoms with Crippen molar-refractivity contribution in [2.45, 2.75) is 30.5 Å². The number of halogens is 3. The molecule has 1 aliphatic heterocycles. The summed E-state index contributed by atoms with van der Waals surface area (Å²) < 4.78 is 66.5. The Morgan fingerprint density at radius 3 is 2.41 bits per heavy atom. The van der Waals surface area contributed by atoms with Crippen LogP contribution in [0, 0.1) is 6.92 Å². The number of alkyl halides is 3. The lowest BCUT2D eigenvalue weighted by atomic mass is 10.0. The van der Waals surface area contributed by atoms with Gasteiger partial charge in [-0.1, -0.05) is 42.0 Å². The van der Waals surface area contributed by atoms with Crippen LogP contribution in [0.3, 0.4) is 0 Å². The highest BCUT2D eigenvalue weighted by atomic mass is 32.2. The summed E-state index contributed by atoms with van der Waals surface area (Å²) >= 11 is 0. The molecule has 0 bridgehead atoms. The van der Waals surface area contributed by atoms with E-state index in [9.17, 15) is 21.6 Å². The van der Waals surface area contributed by atoms with E-state index >= 15 is 0 Å². The van der Waals surface area contributed by atoms with Gasteiger partial charge in [-0.3, -0.25) is 0 Å². The molecule has 168 valence electrons. The van der Waals surface area contributed by atoms with E-state index < -0.39 is 21.8 Å². The van der Waals surface area contributed by atoms with Crippen molar-refractivity contribution in [3.63, 3.8) is 0 Å². The van der Waals surface area contributed by atoms with Gasteiger partial charge in [0.25, 0.3) is 0 Å². The first kappa shape index (κ1) is 22.3. The Hall–Kier alpha value is -2.91. The number of benzene rings is 2. The van der Waals surface area contributed by atoms with E-state index in [4.69, 9.17) is 0 Å². The fourth-order valence-electron chi connectivity index (χ4n) is 3.74. The summed E-state index contributed by atoms with van der Waals surface area (Å²) in [5, 5.41) is 0. The SMILES string of the molecule is Cc1cccc(-c2ccc(S(=O)(=O)NC3CCN(c4ccc(C(F)(F)F)cn4)C3)cc2)c1. The summed E-state index contributed by atoms with van der Waals surface area (Å²) in [4.78, 5) is 5.83. The number of sulfonamides is 1. The predicted molar refractivity (Wildman–Crippen MR) is 117 cm³/mol. The molecule has 0 aliphatic carbocycles. The molecule has 1 unspecified atom stereocenters. The molecule has 1 fully saturated rings. The van der Waals surface area contributed by atoms with E-state index in [1.54, 1.807) is 29.2 Å². The van der Waals surface area contributed by atoms with Gasteiger partial charge in [0.05, 0.1) is 10.5 Å². The third-order valence-corrected chi connectivity index (χ3v) is 6.96. The standard InChI is InChI=1S/C23H22F3N3O2S/c1-16-3-2-4-18(13-16)17-5-8-21(9-6-17)32(30,31)28-20-11-12-29(15-20)22-10-7-19(14-27-22)23(24,25)26/h2-10,13-14,20,28H,11-12,15H2,1H3. The van der Waals surface area contributed by atoms with Gasteiger partial charge in [-0.2, -0.15) is 13.2 Å². The van der Waals surface area contributed by atoms with Crippen molar-refractivity contribution in [2.24, 2.45) is 0 Å². The number of nitrogens with zero attached hydrogens (tertiary/aromatic N) is 2. The molecule has 5 nitrogen and oxygen atoms in total. The van der Waals surface area contributed by atoms with E-state index in [2.05, 4.69) is 9.71 Å². The number of pyridine rings is 1.